The van der Waals surface area contributed by atoms with Gasteiger partial charge in [-0.2, -0.15) is 0 Å². The summed E-state index contributed by atoms with van der Waals surface area (Å²) in [5.74, 6) is -0.496. The molecule has 0 aliphatic rings. The van der Waals surface area contributed by atoms with Crippen LogP contribution in [0.2, 0.25) is 0 Å². The molecule has 16 heavy (non-hydrogen) atoms. The van der Waals surface area contributed by atoms with Crippen LogP contribution in [-0.4, -0.2) is 25.9 Å². The second-order valence-electron chi connectivity index (χ2n) is 3.40. The van der Waals surface area contributed by atoms with Gasteiger partial charge < -0.3 is 10.6 Å². The normalized spacial score (nSPS) is 10.3. The Bertz CT molecular complexity index is 380. The van der Waals surface area contributed by atoms with Crippen molar-refractivity contribution in [2.24, 2.45) is 0 Å². The highest BCUT2D eigenvalue weighted by Gasteiger charge is 2.12. The van der Waals surface area contributed by atoms with Gasteiger partial charge in [0.25, 0.3) is 12.3 Å². The van der Waals surface area contributed by atoms with Gasteiger partial charge in [0.05, 0.1) is 12.1 Å². The molecule has 0 unspecified atom stereocenters. The first kappa shape index (κ1) is 12.4. The highest BCUT2D eigenvalue weighted by molar-refractivity contribution is 5.99. The Morgan fingerprint density at radius 3 is 2.69 bits per heavy atom. The van der Waals surface area contributed by atoms with E-state index in [4.69, 9.17) is 0 Å². The van der Waals surface area contributed by atoms with Crippen molar-refractivity contribution in [1.29, 1.82) is 0 Å². The summed E-state index contributed by atoms with van der Waals surface area (Å²) in [5.41, 5.74) is 2.00. The van der Waals surface area contributed by atoms with Crippen LogP contribution in [0.4, 0.5) is 14.5 Å². The molecule has 2 N–H and O–H groups in total. The first-order valence-corrected chi connectivity index (χ1v) is 4.89. The summed E-state index contributed by atoms with van der Waals surface area (Å²) in [7, 11) is 1.68. The lowest BCUT2D eigenvalue weighted by Crippen LogP contribution is -2.29. The molecule has 0 saturated heterocycles. The summed E-state index contributed by atoms with van der Waals surface area (Å²) in [5, 5.41) is 5.02. The van der Waals surface area contributed by atoms with Crippen molar-refractivity contribution < 1.29 is 13.6 Å². The third kappa shape index (κ3) is 3.18. The lowest BCUT2D eigenvalue weighted by atomic mass is 10.1. The molecule has 0 atom stereocenters. The molecule has 0 radical (unpaired) electrons. The Morgan fingerprint density at radius 2 is 2.12 bits per heavy atom. The highest BCUT2D eigenvalue weighted by atomic mass is 19.3. The number of aryl methyl sites for hydroxylation is 1. The van der Waals surface area contributed by atoms with E-state index in [9.17, 15) is 13.6 Å². The van der Waals surface area contributed by atoms with Gasteiger partial charge in [0, 0.05) is 12.7 Å². The van der Waals surface area contributed by atoms with Crippen LogP contribution in [-0.2, 0) is 0 Å². The number of rotatable bonds is 4. The number of benzene rings is 1. The Balaban J connectivity index is 2.82. The van der Waals surface area contributed by atoms with Gasteiger partial charge in [-0.25, -0.2) is 8.78 Å². The number of hydrogen-bond acceptors (Lipinski definition) is 2. The zero-order valence-electron chi connectivity index (χ0n) is 9.18. The second kappa shape index (κ2) is 5.44. The van der Waals surface area contributed by atoms with E-state index in [1.54, 1.807) is 25.2 Å². The first-order chi connectivity index (χ1) is 7.54. The van der Waals surface area contributed by atoms with E-state index in [2.05, 4.69) is 10.6 Å². The minimum absolute atomic E-state index is 0.369. The molecule has 3 nitrogen and oxygen atoms in total. The molecule has 0 bridgehead atoms. The van der Waals surface area contributed by atoms with Gasteiger partial charge in [0.15, 0.2) is 0 Å². The van der Waals surface area contributed by atoms with Crippen LogP contribution in [0, 0.1) is 6.92 Å². The molecule has 0 aromatic heterocycles. The van der Waals surface area contributed by atoms with Gasteiger partial charge in [0.2, 0.25) is 0 Å². The number of nitrogens with one attached hydrogen (secondary N) is 2. The van der Waals surface area contributed by atoms with E-state index >= 15 is 0 Å². The predicted octanol–water partition coefficient (Wildman–Crippen LogP) is 2.03. The molecule has 0 fully saturated rings. The van der Waals surface area contributed by atoms with Crippen LogP contribution in [0.15, 0.2) is 18.2 Å². The molecule has 88 valence electrons. The molecule has 0 saturated carbocycles. The quantitative estimate of drug-likeness (QED) is 0.827. The third-order valence-electron chi connectivity index (χ3n) is 2.11. The molecule has 0 spiro atoms. The summed E-state index contributed by atoms with van der Waals surface area (Å²) in [4.78, 5) is 11.6. The maximum atomic E-state index is 11.9. The molecular formula is C11H14F2N2O. The van der Waals surface area contributed by atoms with Crippen molar-refractivity contribution in [3.63, 3.8) is 0 Å². The largest absolute Gasteiger partial charge is 0.387 e. The Labute approximate surface area is 92.8 Å². The van der Waals surface area contributed by atoms with E-state index in [1.807, 2.05) is 6.92 Å². The van der Waals surface area contributed by atoms with Gasteiger partial charge in [-0.15, -0.1) is 0 Å². The number of amides is 1. The molecule has 1 rings (SSSR count). The number of hydrogen-bond donors (Lipinski definition) is 2. The van der Waals surface area contributed by atoms with Crippen molar-refractivity contribution >= 4 is 11.6 Å². The smallest absolute Gasteiger partial charge is 0.255 e. The van der Waals surface area contributed by atoms with Crippen LogP contribution in [0.25, 0.3) is 0 Å². The third-order valence-corrected chi connectivity index (χ3v) is 2.11. The van der Waals surface area contributed by atoms with Gasteiger partial charge >= 0.3 is 0 Å². The Kier molecular flexibility index (Phi) is 4.22. The van der Waals surface area contributed by atoms with Crippen LogP contribution in [0.5, 0.6) is 0 Å². The topological polar surface area (TPSA) is 41.1 Å². The maximum absolute atomic E-state index is 11.9. The van der Waals surface area contributed by atoms with Gasteiger partial charge in [-0.05, 0) is 24.6 Å². The zero-order valence-corrected chi connectivity index (χ0v) is 9.18. The SMILES string of the molecule is CNc1cc(C)ccc1C(=O)NCC(F)F. The van der Waals surface area contributed by atoms with Crippen LogP contribution in [0.1, 0.15) is 15.9 Å². The number of halogens is 2. The Hall–Kier alpha value is -1.65. The van der Waals surface area contributed by atoms with Gasteiger partial charge in [-0.3, -0.25) is 4.79 Å². The standard InChI is InChI=1S/C11H14F2N2O/c1-7-3-4-8(9(5-7)14-2)11(16)15-6-10(12)13/h3-5,10,14H,6H2,1-2H3,(H,15,16). The average molecular weight is 228 g/mol. The summed E-state index contributed by atoms with van der Waals surface area (Å²) in [6.45, 7) is 1.26. The minimum Gasteiger partial charge on any atom is -0.387 e. The molecule has 1 amide bonds. The number of carbonyl (C=O) groups is 1. The number of anilines is 1. The molecular weight excluding hydrogens is 214 g/mol. The number of carbonyl (C=O) groups excluding carboxylic acids is 1. The van der Waals surface area contributed by atoms with E-state index in [0.717, 1.165) is 5.56 Å². The molecule has 5 heteroatoms. The van der Waals surface area contributed by atoms with Crippen molar-refractivity contribution in [2.45, 2.75) is 13.3 Å². The fraction of sp³-hybridized carbons (Fsp3) is 0.364. The fourth-order valence-electron chi connectivity index (χ4n) is 1.33. The molecule has 0 aliphatic heterocycles. The Morgan fingerprint density at radius 1 is 1.44 bits per heavy atom. The summed E-state index contributed by atoms with van der Waals surface area (Å²) in [6.07, 6.45) is -2.53. The van der Waals surface area contributed by atoms with Crippen LogP contribution < -0.4 is 10.6 Å². The van der Waals surface area contributed by atoms with Crippen molar-refractivity contribution in [3.05, 3.63) is 29.3 Å². The molecule has 1 aromatic rings. The predicted molar refractivity (Wildman–Crippen MR) is 59.1 cm³/mol. The molecule has 1 aromatic carbocycles. The van der Waals surface area contributed by atoms with E-state index in [1.165, 1.54) is 0 Å². The maximum Gasteiger partial charge on any atom is 0.255 e. The number of alkyl halides is 2. The molecule has 0 aliphatic carbocycles. The van der Waals surface area contributed by atoms with E-state index < -0.39 is 18.9 Å². The van der Waals surface area contributed by atoms with E-state index in [0.29, 0.717) is 11.3 Å². The highest BCUT2D eigenvalue weighted by Crippen LogP contribution is 2.16. The zero-order chi connectivity index (χ0) is 12.1. The summed E-state index contributed by atoms with van der Waals surface area (Å²) in [6, 6.07) is 5.16. The summed E-state index contributed by atoms with van der Waals surface area (Å²) < 4.78 is 23.9. The van der Waals surface area contributed by atoms with Crippen molar-refractivity contribution in [3.8, 4) is 0 Å². The van der Waals surface area contributed by atoms with Gasteiger partial charge in [0.1, 0.15) is 0 Å². The van der Waals surface area contributed by atoms with E-state index in [-0.39, 0.29) is 0 Å². The van der Waals surface area contributed by atoms with Crippen molar-refractivity contribution in [2.75, 3.05) is 18.9 Å². The molecule has 0 heterocycles. The van der Waals surface area contributed by atoms with Crippen LogP contribution in [0.3, 0.4) is 0 Å². The lowest BCUT2D eigenvalue weighted by molar-refractivity contribution is 0.0892. The second-order valence-corrected chi connectivity index (χ2v) is 3.40. The first-order valence-electron chi connectivity index (χ1n) is 4.89. The van der Waals surface area contributed by atoms with Crippen molar-refractivity contribution in [1.82, 2.24) is 5.32 Å². The average Bonchev–Trinajstić information content (AvgIpc) is 2.25. The monoisotopic (exact) mass is 228 g/mol. The fourth-order valence-corrected chi connectivity index (χ4v) is 1.33. The minimum atomic E-state index is -2.53. The summed E-state index contributed by atoms with van der Waals surface area (Å²) >= 11 is 0. The lowest BCUT2D eigenvalue weighted by Gasteiger charge is -2.10. The van der Waals surface area contributed by atoms with Gasteiger partial charge in [-0.1, -0.05) is 6.07 Å². The van der Waals surface area contributed by atoms with Crippen LogP contribution >= 0.6 is 0 Å².